The highest BCUT2D eigenvalue weighted by molar-refractivity contribution is 5.88. The molecule has 0 aliphatic carbocycles. The van der Waals surface area contributed by atoms with Gasteiger partial charge in [-0.2, -0.15) is 5.26 Å². The number of nitriles is 1. The molecule has 1 N–H and O–H groups in total. The number of carbonyl (C=O) groups is 1. The van der Waals surface area contributed by atoms with Gasteiger partial charge < -0.3 is 9.84 Å². The van der Waals surface area contributed by atoms with Crippen LogP contribution in [0.5, 0.6) is 11.5 Å². The van der Waals surface area contributed by atoms with Crippen molar-refractivity contribution in [2.24, 2.45) is 0 Å². The first-order valence-corrected chi connectivity index (χ1v) is 6.45. The lowest BCUT2D eigenvalue weighted by Crippen LogP contribution is -1.99. The summed E-state index contributed by atoms with van der Waals surface area (Å²) in [5.74, 6) is 0.165. The maximum Gasteiger partial charge on any atom is 0.335 e. The summed E-state index contributed by atoms with van der Waals surface area (Å²) < 4.78 is 5.89. The third kappa shape index (κ3) is 3.03. The molecule has 0 amide bonds. The zero-order chi connectivity index (χ0) is 15.6. The second kappa shape index (κ2) is 5.68. The number of nitrogens with zero attached hydrogens (tertiary/aromatic N) is 1. The van der Waals surface area contributed by atoms with Gasteiger partial charge in [0.05, 0.1) is 17.2 Å². The van der Waals surface area contributed by atoms with Crippen molar-refractivity contribution < 1.29 is 14.6 Å². The molecule has 0 fully saturated rings. The van der Waals surface area contributed by atoms with Gasteiger partial charge in [-0.15, -0.1) is 0 Å². The highest BCUT2D eigenvalue weighted by Gasteiger charge is 2.12. The summed E-state index contributed by atoms with van der Waals surface area (Å²) in [5.41, 5.74) is 3.29. The van der Waals surface area contributed by atoms with Crippen molar-refractivity contribution in [2.75, 3.05) is 0 Å². The van der Waals surface area contributed by atoms with Crippen LogP contribution in [0.3, 0.4) is 0 Å². The molecule has 0 aliphatic rings. The van der Waals surface area contributed by atoms with Gasteiger partial charge in [0.15, 0.2) is 0 Å². The largest absolute Gasteiger partial charge is 0.478 e. The maximum atomic E-state index is 11.0. The Morgan fingerprint density at radius 3 is 2.24 bits per heavy atom. The van der Waals surface area contributed by atoms with Gasteiger partial charge in [-0.25, -0.2) is 4.79 Å². The van der Waals surface area contributed by atoms with Crippen LogP contribution in [0.25, 0.3) is 0 Å². The van der Waals surface area contributed by atoms with Crippen LogP contribution in [0.1, 0.15) is 32.6 Å². The number of hydrogen-bond donors (Lipinski definition) is 1. The Balaban J connectivity index is 2.46. The summed E-state index contributed by atoms with van der Waals surface area (Å²) in [4.78, 5) is 11.0. The predicted molar refractivity (Wildman–Crippen MR) is 78.8 cm³/mol. The first kappa shape index (κ1) is 14.6. The number of aromatic carboxylic acids is 1. The molecule has 0 atom stereocenters. The van der Waals surface area contributed by atoms with E-state index in [4.69, 9.17) is 15.1 Å². The third-order valence-electron chi connectivity index (χ3n) is 3.24. The molecule has 0 aliphatic heterocycles. The third-order valence-corrected chi connectivity index (χ3v) is 3.24. The van der Waals surface area contributed by atoms with Crippen LogP contribution >= 0.6 is 0 Å². The molecule has 2 aromatic rings. The number of ether oxygens (including phenoxy) is 1. The Kier molecular flexibility index (Phi) is 3.95. The quantitative estimate of drug-likeness (QED) is 0.924. The van der Waals surface area contributed by atoms with Gasteiger partial charge in [-0.1, -0.05) is 6.07 Å². The van der Waals surface area contributed by atoms with Crippen molar-refractivity contribution in [3.8, 4) is 17.6 Å². The second-order valence-electron chi connectivity index (χ2n) is 4.94. The molecule has 21 heavy (non-hydrogen) atoms. The van der Waals surface area contributed by atoms with Crippen LogP contribution in [0.2, 0.25) is 0 Å². The Bertz CT molecular complexity index is 734. The van der Waals surface area contributed by atoms with Crippen LogP contribution in [0.4, 0.5) is 0 Å². The Hall–Kier alpha value is -2.80. The number of carboxylic acids is 1. The van der Waals surface area contributed by atoms with Gasteiger partial charge >= 0.3 is 5.97 Å². The number of carboxylic acid groups (broad SMARTS) is 1. The van der Waals surface area contributed by atoms with E-state index in [0.29, 0.717) is 17.1 Å². The van der Waals surface area contributed by atoms with Crippen molar-refractivity contribution in [1.82, 2.24) is 0 Å². The summed E-state index contributed by atoms with van der Waals surface area (Å²) in [6, 6.07) is 10.4. The number of benzene rings is 2. The molecule has 0 spiro atoms. The Labute approximate surface area is 123 Å². The van der Waals surface area contributed by atoms with E-state index in [9.17, 15) is 4.79 Å². The van der Waals surface area contributed by atoms with E-state index in [1.807, 2.05) is 20.8 Å². The average molecular weight is 281 g/mol. The average Bonchev–Trinajstić information content (AvgIpc) is 2.44. The van der Waals surface area contributed by atoms with E-state index < -0.39 is 5.97 Å². The molecule has 0 unspecified atom stereocenters. The number of aryl methyl sites for hydroxylation is 3. The van der Waals surface area contributed by atoms with E-state index in [-0.39, 0.29) is 5.56 Å². The second-order valence-corrected chi connectivity index (χ2v) is 4.94. The number of hydrogen-bond acceptors (Lipinski definition) is 3. The van der Waals surface area contributed by atoms with E-state index >= 15 is 0 Å². The fourth-order valence-electron chi connectivity index (χ4n) is 2.13. The molecule has 2 aromatic carbocycles. The van der Waals surface area contributed by atoms with Crippen molar-refractivity contribution in [1.29, 1.82) is 5.26 Å². The monoisotopic (exact) mass is 281 g/mol. The highest BCUT2D eigenvalue weighted by Crippen LogP contribution is 2.32. The van der Waals surface area contributed by atoms with E-state index in [0.717, 1.165) is 16.7 Å². The van der Waals surface area contributed by atoms with Crippen LogP contribution in [0, 0.1) is 32.1 Å². The molecule has 0 saturated carbocycles. The van der Waals surface area contributed by atoms with Crippen molar-refractivity contribution in [3.05, 3.63) is 58.1 Å². The minimum Gasteiger partial charge on any atom is -0.478 e. The molecule has 4 heteroatoms. The summed E-state index contributed by atoms with van der Waals surface area (Å²) in [7, 11) is 0. The predicted octanol–water partition coefficient (Wildman–Crippen LogP) is 3.97. The molecular formula is C17H15NO3. The van der Waals surface area contributed by atoms with Crippen LogP contribution in [-0.2, 0) is 0 Å². The van der Waals surface area contributed by atoms with Crippen LogP contribution < -0.4 is 4.74 Å². The fraction of sp³-hybridized carbons (Fsp3) is 0.176. The van der Waals surface area contributed by atoms with Crippen LogP contribution in [0.15, 0.2) is 30.3 Å². The van der Waals surface area contributed by atoms with E-state index in [1.165, 1.54) is 6.07 Å². The lowest BCUT2D eigenvalue weighted by atomic mass is 10.1. The molecule has 0 radical (unpaired) electrons. The SMILES string of the molecule is Cc1ccc(C(=O)O)cc1Oc1c(C)cc(C#N)cc1C. The number of rotatable bonds is 3. The molecule has 4 nitrogen and oxygen atoms in total. The lowest BCUT2D eigenvalue weighted by molar-refractivity contribution is 0.0696. The zero-order valence-electron chi connectivity index (χ0n) is 12.1. The van der Waals surface area contributed by atoms with Crippen molar-refractivity contribution in [3.63, 3.8) is 0 Å². The standard InChI is InChI=1S/C17H15NO3/c1-10-4-5-14(17(19)20)8-15(10)21-16-11(2)6-13(9-18)7-12(16)3/h4-8H,1-3H3,(H,19,20). The van der Waals surface area contributed by atoms with Gasteiger partial charge in [0.25, 0.3) is 0 Å². The van der Waals surface area contributed by atoms with Gasteiger partial charge in [-0.3, -0.25) is 0 Å². The van der Waals surface area contributed by atoms with Crippen LogP contribution in [-0.4, -0.2) is 11.1 Å². The fourth-order valence-corrected chi connectivity index (χ4v) is 2.13. The van der Waals surface area contributed by atoms with Gasteiger partial charge in [-0.05, 0) is 61.7 Å². The molecular weight excluding hydrogens is 266 g/mol. The van der Waals surface area contributed by atoms with Gasteiger partial charge in [0, 0.05) is 0 Å². The van der Waals surface area contributed by atoms with E-state index in [1.54, 1.807) is 24.3 Å². The molecule has 2 rings (SSSR count). The summed E-state index contributed by atoms with van der Waals surface area (Å²) >= 11 is 0. The minimum atomic E-state index is -0.992. The Morgan fingerprint density at radius 1 is 1.10 bits per heavy atom. The molecule has 0 heterocycles. The molecule has 0 bridgehead atoms. The molecule has 106 valence electrons. The van der Waals surface area contributed by atoms with Gasteiger partial charge in [0.2, 0.25) is 0 Å². The smallest absolute Gasteiger partial charge is 0.335 e. The lowest BCUT2D eigenvalue weighted by Gasteiger charge is -2.14. The molecule has 0 saturated heterocycles. The summed E-state index contributed by atoms with van der Waals surface area (Å²) in [6.45, 7) is 5.58. The summed E-state index contributed by atoms with van der Waals surface area (Å²) in [5, 5.41) is 18.0. The van der Waals surface area contributed by atoms with E-state index in [2.05, 4.69) is 6.07 Å². The molecule has 0 aromatic heterocycles. The minimum absolute atomic E-state index is 0.180. The Morgan fingerprint density at radius 2 is 1.71 bits per heavy atom. The van der Waals surface area contributed by atoms with Gasteiger partial charge in [0.1, 0.15) is 11.5 Å². The summed E-state index contributed by atoms with van der Waals surface area (Å²) in [6.07, 6.45) is 0. The first-order valence-electron chi connectivity index (χ1n) is 6.45. The van der Waals surface area contributed by atoms with Crippen molar-refractivity contribution in [2.45, 2.75) is 20.8 Å². The normalized spacial score (nSPS) is 10.0. The van der Waals surface area contributed by atoms with Crippen molar-refractivity contribution >= 4 is 5.97 Å². The topological polar surface area (TPSA) is 70.3 Å². The maximum absolute atomic E-state index is 11.0. The first-order chi connectivity index (χ1) is 9.92. The zero-order valence-corrected chi connectivity index (χ0v) is 12.1. The highest BCUT2D eigenvalue weighted by atomic mass is 16.5.